The van der Waals surface area contributed by atoms with Crippen molar-refractivity contribution in [2.75, 3.05) is 19.7 Å². The molecule has 0 aromatic heterocycles. The van der Waals surface area contributed by atoms with E-state index in [1.807, 2.05) is 0 Å². The molecular formula is C8H20N2O. The second kappa shape index (κ2) is 7.98. The van der Waals surface area contributed by atoms with Gasteiger partial charge in [0.25, 0.3) is 0 Å². The molecule has 0 saturated carbocycles. The van der Waals surface area contributed by atoms with Gasteiger partial charge in [0.05, 0.1) is 0 Å². The van der Waals surface area contributed by atoms with Crippen molar-refractivity contribution in [3.8, 4) is 0 Å². The zero-order valence-corrected chi connectivity index (χ0v) is 7.13. The van der Waals surface area contributed by atoms with E-state index < -0.39 is 0 Å². The Morgan fingerprint density at radius 3 is 1.73 bits per heavy atom. The summed E-state index contributed by atoms with van der Waals surface area (Å²) in [6, 6.07) is 0. The molecule has 3 nitrogen and oxygen atoms in total. The highest BCUT2D eigenvalue weighted by atomic mass is 16.3. The summed E-state index contributed by atoms with van der Waals surface area (Å²) in [6.45, 7) is 1.72. The molecule has 11 heavy (non-hydrogen) atoms. The average molecular weight is 160 g/mol. The van der Waals surface area contributed by atoms with Gasteiger partial charge in [0.1, 0.15) is 0 Å². The standard InChI is InChI=1S/C8H20N2O/c9-5-1-3-8(7-11)4-2-6-10/h8,11H,1-7,9-10H2. The van der Waals surface area contributed by atoms with Gasteiger partial charge in [0.15, 0.2) is 0 Å². The van der Waals surface area contributed by atoms with Crippen LogP contribution in [-0.2, 0) is 0 Å². The summed E-state index contributed by atoms with van der Waals surface area (Å²) < 4.78 is 0. The molecule has 0 rings (SSSR count). The molecule has 0 atom stereocenters. The van der Waals surface area contributed by atoms with Crippen LogP contribution >= 0.6 is 0 Å². The van der Waals surface area contributed by atoms with E-state index in [1.165, 1.54) is 0 Å². The van der Waals surface area contributed by atoms with E-state index in [2.05, 4.69) is 0 Å². The van der Waals surface area contributed by atoms with Crippen molar-refractivity contribution in [1.82, 2.24) is 0 Å². The maximum absolute atomic E-state index is 8.90. The normalized spacial score (nSPS) is 10.9. The molecule has 0 unspecified atom stereocenters. The lowest BCUT2D eigenvalue weighted by Gasteiger charge is -2.11. The number of hydrogen-bond acceptors (Lipinski definition) is 3. The Kier molecular flexibility index (Phi) is 7.89. The first kappa shape index (κ1) is 10.9. The lowest BCUT2D eigenvalue weighted by atomic mass is 9.99. The maximum atomic E-state index is 8.90. The molecule has 0 amide bonds. The fourth-order valence-electron chi connectivity index (χ4n) is 1.14. The van der Waals surface area contributed by atoms with Crippen LogP contribution in [0.4, 0.5) is 0 Å². The second-order valence-electron chi connectivity index (χ2n) is 2.91. The molecule has 0 radical (unpaired) electrons. The van der Waals surface area contributed by atoms with Crippen LogP contribution in [0.25, 0.3) is 0 Å². The van der Waals surface area contributed by atoms with Gasteiger partial charge < -0.3 is 16.6 Å². The van der Waals surface area contributed by atoms with E-state index in [9.17, 15) is 0 Å². The zero-order chi connectivity index (χ0) is 8.53. The second-order valence-corrected chi connectivity index (χ2v) is 2.91. The molecule has 68 valence electrons. The van der Waals surface area contributed by atoms with Crippen molar-refractivity contribution < 1.29 is 5.11 Å². The van der Waals surface area contributed by atoms with Crippen LogP contribution in [0, 0.1) is 5.92 Å². The van der Waals surface area contributed by atoms with Crippen LogP contribution in [0.3, 0.4) is 0 Å². The lowest BCUT2D eigenvalue weighted by molar-refractivity contribution is 0.207. The first-order chi connectivity index (χ1) is 5.35. The van der Waals surface area contributed by atoms with Crippen LogP contribution in [0.5, 0.6) is 0 Å². The Bertz CT molecular complexity index is 70.5. The fourth-order valence-corrected chi connectivity index (χ4v) is 1.14. The Hall–Kier alpha value is -0.120. The van der Waals surface area contributed by atoms with Gasteiger partial charge in [-0.3, -0.25) is 0 Å². The minimum absolute atomic E-state index is 0.278. The van der Waals surface area contributed by atoms with Crippen molar-refractivity contribution in [2.45, 2.75) is 25.7 Å². The number of hydrogen-bond donors (Lipinski definition) is 3. The monoisotopic (exact) mass is 160 g/mol. The summed E-state index contributed by atoms with van der Waals surface area (Å²) in [7, 11) is 0. The van der Waals surface area contributed by atoms with Crippen LogP contribution < -0.4 is 11.5 Å². The predicted molar refractivity (Wildman–Crippen MR) is 47.2 cm³/mol. The van der Waals surface area contributed by atoms with Gasteiger partial charge in [-0.15, -0.1) is 0 Å². The smallest absolute Gasteiger partial charge is 0.0459 e. The first-order valence-electron chi connectivity index (χ1n) is 4.36. The van der Waals surface area contributed by atoms with Gasteiger partial charge in [-0.05, 0) is 44.7 Å². The quantitative estimate of drug-likeness (QED) is 0.493. The van der Waals surface area contributed by atoms with Gasteiger partial charge >= 0.3 is 0 Å². The van der Waals surface area contributed by atoms with E-state index in [0.29, 0.717) is 5.92 Å². The molecule has 0 aliphatic rings. The molecule has 0 heterocycles. The van der Waals surface area contributed by atoms with Gasteiger partial charge in [-0.2, -0.15) is 0 Å². The number of aliphatic hydroxyl groups is 1. The zero-order valence-electron chi connectivity index (χ0n) is 7.13. The van der Waals surface area contributed by atoms with Crippen molar-refractivity contribution in [1.29, 1.82) is 0 Å². The molecule has 0 aliphatic carbocycles. The van der Waals surface area contributed by atoms with E-state index in [-0.39, 0.29) is 6.61 Å². The first-order valence-corrected chi connectivity index (χ1v) is 4.36. The van der Waals surface area contributed by atoms with E-state index in [1.54, 1.807) is 0 Å². The third kappa shape index (κ3) is 6.28. The van der Waals surface area contributed by atoms with Gasteiger partial charge in [0.2, 0.25) is 0 Å². The fraction of sp³-hybridized carbons (Fsp3) is 1.00. The molecule has 0 spiro atoms. The van der Waals surface area contributed by atoms with Gasteiger partial charge in [0, 0.05) is 6.61 Å². The Labute approximate surface area is 68.8 Å². The van der Waals surface area contributed by atoms with E-state index in [4.69, 9.17) is 16.6 Å². The molecule has 0 aromatic carbocycles. The Morgan fingerprint density at radius 1 is 1.00 bits per heavy atom. The molecular weight excluding hydrogens is 140 g/mol. The molecule has 0 bridgehead atoms. The van der Waals surface area contributed by atoms with Crippen molar-refractivity contribution in [3.05, 3.63) is 0 Å². The molecule has 5 N–H and O–H groups in total. The van der Waals surface area contributed by atoms with Crippen molar-refractivity contribution >= 4 is 0 Å². The van der Waals surface area contributed by atoms with Crippen LogP contribution in [0.1, 0.15) is 25.7 Å². The lowest BCUT2D eigenvalue weighted by Crippen LogP contribution is -2.11. The SMILES string of the molecule is NCCCC(CO)CCCN. The van der Waals surface area contributed by atoms with E-state index >= 15 is 0 Å². The molecule has 0 aromatic rings. The highest BCUT2D eigenvalue weighted by Crippen LogP contribution is 2.11. The summed E-state index contributed by atoms with van der Waals surface area (Å²) in [5, 5.41) is 8.90. The third-order valence-corrected chi connectivity index (χ3v) is 1.89. The Balaban J connectivity index is 3.25. The van der Waals surface area contributed by atoms with Crippen LogP contribution in [-0.4, -0.2) is 24.8 Å². The highest BCUT2D eigenvalue weighted by molar-refractivity contribution is 4.58. The van der Waals surface area contributed by atoms with Gasteiger partial charge in [-0.25, -0.2) is 0 Å². The number of aliphatic hydroxyl groups excluding tert-OH is 1. The summed E-state index contributed by atoms with van der Waals surface area (Å²) in [5.41, 5.74) is 10.7. The highest BCUT2D eigenvalue weighted by Gasteiger charge is 2.04. The number of nitrogens with two attached hydrogens (primary N) is 2. The number of rotatable bonds is 7. The van der Waals surface area contributed by atoms with E-state index in [0.717, 1.165) is 38.8 Å². The molecule has 0 aliphatic heterocycles. The molecule has 0 saturated heterocycles. The van der Waals surface area contributed by atoms with Crippen molar-refractivity contribution in [3.63, 3.8) is 0 Å². The maximum Gasteiger partial charge on any atom is 0.0459 e. The summed E-state index contributed by atoms with van der Waals surface area (Å²) in [6.07, 6.45) is 4.09. The average Bonchev–Trinajstić information content (AvgIpc) is 2.05. The minimum Gasteiger partial charge on any atom is -0.396 e. The molecule has 3 heteroatoms. The van der Waals surface area contributed by atoms with Crippen LogP contribution in [0.2, 0.25) is 0 Å². The largest absolute Gasteiger partial charge is 0.396 e. The third-order valence-electron chi connectivity index (χ3n) is 1.89. The van der Waals surface area contributed by atoms with Gasteiger partial charge in [-0.1, -0.05) is 0 Å². The Morgan fingerprint density at radius 2 is 1.45 bits per heavy atom. The van der Waals surface area contributed by atoms with Crippen molar-refractivity contribution in [2.24, 2.45) is 17.4 Å². The minimum atomic E-state index is 0.278. The molecule has 0 fully saturated rings. The summed E-state index contributed by atoms with van der Waals surface area (Å²) in [5.74, 6) is 0.419. The summed E-state index contributed by atoms with van der Waals surface area (Å²) in [4.78, 5) is 0. The summed E-state index contributed by atoms with van der Waals surface area (Å²) >= 11 is 0. The topological polar surface area (TPSA) is 72.3 Å². The van der Waals surface area contributed by atoms with Crippen LogP contribution in [0.15, 0.2) is 0 Å². The predicted octanol–water partition coefficient (Wildman–Crippen LogP) is 0.0727.